The number of phenolic OH excluding ortho intramolecular Hbond substituents is 2. The number of para-hydroxylation sites is 2. The number of phenols is 2. The second-order valence-electron chi connectivity index (χ2n) is 2.40. The van der Waals surface area contributed by atoms with E-state index in [0.717, 1.165) is 0 Å². The van der Waals surface area contributed by atoms with Crippen LogP contribution in [-0.4, -0.2) is 25.2 Å². The smallest absolute Gasteiger partial charge is 0.225 e. The van der Waals surface area contributed by atoms with E-state index in [9.17, 15) is 0 Å². The lowest BCUT2D eigenvalue weighted by atomic mass is 10.3. The first kappa shape index (κ1) is 11.2. The first-order chi connectivity index (χ1) is 7.20. The van der Waals surface area contributed by atoms with Crippen LogP contribution in [0.5, 0.6) is 11.5 Å². The Morgan fingerprint density at radius 3 is 1.67 bits per heavy atom. The number of aromatic hydroxyl groups is 2. The maximum absolute atomic E-state index is 8.67. The highest BCUT2D eigenvalue weighted by Crippen LogP contribution is 2.21. The van der Waals surface area contributed by atoms with E-state index in [1.165, 1.54) is 24.8 Å². The van der Waals surface area contributed by atoms with Crippen LogP contribution in [0.15, 0.2) is 36.9 Å². The topological polar surface area (TPSA) is 79.1 Å². The van der Waals surface area contributed by atoms with Gasteiger partial charge >= 0.3 is 0 Å². The van der Waals surface area contributed by atoms with Gasteiger partial charge in [0.2, 0.25) is 5.28 Å². The van der Waals surface area contributed by atoms with Gasteiger partial charge in [-0.1, -0.05) is 12.1 Å². The minimum atomic E-state index is -0.0764. The fourth-order valence-corrected chi connectivity index (χ4v) is 0.777. The lowest BCUT2D eigenvalue weighted by molar-refractivity contribution is 0.404. The normalized spacial score (nSPS) is 8.87. The van der Waals surface area contributed by atoms with Crippen molar-refractivity contribution in [2.45, 2.75) is 0 Å². The van der Waals surface area contributed by atoms with Crippen LogP contribution in [-0.2, 0) is 0 Å². The van der Waals surface area contributed by atoms with Crippen molar-refractivity contribution >= 4 is 11.6 Å². The molecule has 1 aromatic heterocycles. The number of hydrogen-bond donors (Lipinski definition) is 2. The summed E-state index contributed by atoms with van der Waals surface area (Å²) in [4.78, 5) is 10.6. The van der Waals surface area contributed by atoms with Gasteiger partial charge in [-0.3, -0.25) is 0 Å². The fraction of sp³-hybridized carbons (Fsp3) is 0. The molecule has 78 valence electrons. The van der Waals surface area contributed by atoms with Gasteiger partial charge in [0.15, 0.2) is 11.5 Å². The van der Waals surface area contributed by atoms with Crippen LogP contribution in [0.3, 0.4) is 0 Å². The van der Waals surface area contributed by atoms with Crippen LogP contribution in [0, 0.1) is 0 Å². The monoisotopic (exact) mass is 225 g/mol. The van der Waals surface area contributed by atoms with Gasteiger partial charge in [0.05, 0.1) is 0 Å². The molecule has 2 aromatic rings. The largest absolute Gasteiger partial charge is 0.504 e. The van der Waals surface area contributed by atoms with E-state index in [2.05, 4.69) is 15.0 Å². The zero-order valence-electron chi connectivity index (χ0n) is 7.58. The Kier molecular flexibility index (Phi) is 4.30. The molecule has 15 heavy (non-hydrogen) atoms. The Bertz CT molecular complexity index is 390. The van der Waals surface area contributed by atoms with Crippen molar-refractivity contribution in [2.75, 3.05) is 0 Å². The van der Waals surface area contributed by atoms with Crippen molar-refractivity contribution in [3.05, 3.63) is 42.2 Å². The number of rotatable bonds is 0. The Morgan fingerprint density at radius 2 is 1.40 bits per heavy atom. The van der Waals surface area contributed by atoms with Crippen LogP contribution in [0.4, 0.5) is 0 Å². The molecule has 0 aliphatic heterocycles. The van der Waals surface area contributed by atoms with Crippen molar-refractivity contribution in [2.24, 2.45) is 0 Å². The maximum atomic E-state index is 8.67. The number of benzene rings is 1. The van der Waals surface area contributed by atoms with Crippen LogP contribution >= 0.6 is 11.6 Å². The molecule has 6 heteroatoms. The second-order valence-corrected chi connectivity index (χ2v) is 2.73. The Labute approximate surface area is 91.0 Å². The summed E-state index contributed by atoms with van der Waals surface area (Å²) in [6.45, 7) is 0. The summed E-state index contributed by atoms with van der Waals surface area (Å²) in [5.41, 5.74) is 0. The van der Waals surface area contributed by atoms with E-state index < -0.39 is 0 Å². The summed E-state index contributed by atoms with van der Waals surface area (Å²) in [5, 5.41) is 17.6. The summed E-state index contributed by atoms with van der Waals surface area (Å²) < 4.78 is 0. The minimum Gasteiger partial charge on any atom is -0.504 e. The van der Waals surface area contributed by atoms with Gasteiger partial charge in [-0.15, -0.1) is 0 Å². The number of hydrogen-bond acceptors (Lipinski definition) is 5. The van der Waals surface area contributed by atoms with E-state index >= 15 is 0 Å². The molecule has 2 rings (SSSR count). The highest BCUT2D eigenvalue weighted by Gasteiger charge is 1.90. The Balaban J connectivity index is 0.000000151. The molecule has 0 saturated carbocycles. The van der Waals surface area contributed by atoms with E-state index in [1.54, 1.807) is 12.1 Å². The molecule has 1 aromatic carbocycles. The molecule has 0 atom stereocenters. The summed E-state index contributed by atoms with van der Waals surface area (Å²) in [5.74, 6) is -0.153. The SMILES string of the molecule is Clc1ncncn1.Oc1ccccc1O. The predicted octanol–water partition coefficient (Wildman–Crippen LogP) is 1.62. The Morgan fingerprint density at radius 1 is 0.933 bits per heavy atom. The number of aromatic nitrogens is 3. The molecule has 0 saturated heterocycles. The molecule has 0 radical (unpaired) electrons. The molecule has 2 N–H and O–H groups in total. The van der Waals surface area contributed by atoms with Gasteiger partial charge in [-0.2, -0.15) is 0 Å². The first-order valence-corrected chi connectivity index (χ1v) is 4.32. The zero-order valence-corrected chi connectivity index (χ0v) is 8.33. The molecule has 0 spiro atoms. The van der Waals surface area contributed by atoms with Crippen LogP contribution in [0.2, 0.25) is 5.28 Å². The van der Waals surface area contributed by atoms with Crippen LogP contribution < -0.4 is 0 Å². The molecule has 0 aliphatic carbocycles. The molecule has 1 heterocycles. The maximum Gasteiger partial charge on any atom is 0.225 e. The standard InChI is InChI=1S/C6H6O2.C3H2ClN3/c7-5-3-1-2-4-6(5)8;4-3-6-1-5-2-7-3/h1-4,7-8H;1-2H. The van der Waals surface area contributed by atoms with Gasteiger partial charge in [0.1, 0.15) is 12.7 Å². The quantitative estimate of drug-likeness (QED) is 0.666. The molecular weight excluding hydrogens is 218 g/mol. The van der Waals surface area contributed by atoms with Crippen molar-refractivity contribution in [1.29, 1.82) is 0 Å². The van der Waals surface area contributed by atoms with Crippen molar-refractivity contribution < 1.29 is 10.2 Å². The summed E-state index contributed by atoms with van der Waals surface area (Å²) in [7, 11) is 0. The van der Waals surface area contributed by atoms with Crippen LogP contribution in [0.25, 0.3) is 0 Å². The van der Waals surface area contributed by atoms with Crippen molar-refractivity contribution in [3.8, 4) is 11.5 Å². The number of halogens is 1. The highest BCUT2D eigenvalue weighted by atomic mass is 35.5. The average molecular weight is 226 g/mol. The molecule has 5 nitrogen and oxygen atoms in total. The van der Waals surface area contributed by atoms with Crippen molar-refractivity contribution in [3.63, 3.8) is 0 Å². The molecular formula is C9H8ClN3O2. The summed E-state index contributed by atoms with van der Waals surface area (Å²) in [6, 6.07) is 6.15. The van der Waals surface area contributed by atoms with E-state index in [4.69, 9.17) is 21.8 Å². The van der Waals surface area contributed by atoms with Gasteiger partial charge in [-0.25, -0.2) is 15.0 Å². The van der Waals surface area contributed by atoms with Gasteiger partial charge in [0, 0.05) is 0 Å². The predicted molar refractivity (Wildman–Crippen MR) is 54.6 cm³/mol. The third-order valence-electron chi connectivity index (χ3n) is 1.34. The average Bonchev–Trinajstić information content (AvgIpc) is 2.25. The first-order valence-electron chi connectivity index (χ1n) is 3.94. The zero-order chi connectivity index (χ0) is 11.1. The van der Waals surface area contributed by atoms with Gasteiger partial charge < -0.3 is 10.2 Å². The van der Waals surface area contributed by atoms with Crippen molar-refractivity contribution in [1.82, 2.24) is 15.0 Å². The van der Waals surface area contributed by atoms with E-state index in [1.807, 2.05) is 0 Å². The van der Waals surface area contributed by atoms with Gasteiger partial charge in [0.25, 0.3) is 0 Å². The highest BCUT2D eigenvalue weighted by molar-refractivity contribution is 6.28. The molecule has 0 fully saturated rings. The second kappa shape index (κ2) is 5.77. The fourth-order valence-electron chi connectivity index (χ4n) is 0.689. The summed E-state index contributed by atoms with van der Waals surface area (Å²) >= 11 is 5.28. The van der Waals surface area contributed by atoms with Crippen LogP contribution in [0.1, 0.15) is 0 Å². The lowest BCUT2D eigenvalue weighted by Gasteiger charge is -1.91. The number of nitrogens with zero attached hydrogens (tertiary/aromatic N) is 3. The molecule has 0 unspecified atom stereocenters. The van der Waals surface area contributed by atoms with E-state index in [-0.39, 0.29) is 16.8 Å². The lowest BCUT2D eigenvalue weighted by Crippen LogP contribution is -1.79. The van der Waals surface area contributed by atoms with Gasteiger partial charge in [-0.05, 0) is 23.7 Å². The molecule has 0 amide bonds. The third-order valence-corrected chi connectivity index (χ3v) is 1.54. The molecule has 0 bridgehead atoms. The third kappa shape index (κ3) is 4.24. The summed E-state index contributed by atoms with van der Waals surface area (Å²) in [6.07, 6.45) is 2.69. The molecule has 0 aliphatic rings. The minimum absolute atomic E-state index is 0.0764. The van der Waals surface area contributed by atoms with E-state index in [0.29, 0.717) is 0 Å². The Hall–Kier alpha value is -1.88.